The van der Waals surface area contributed by atoms with Gasteiger partial charge in [0.1, 0.15) is 11.5 Å². The Morgan fingerprint density at radius 1 is 0.975 bits per heavy atom. The molecule has 198 valence electrons. The summed E-state index contributed by atoms with van der Waals surface area (Å²) in [5.74, 6) is -0.566. The second kappa shape index (κ2) is 10.9. The quantitative estimate of drug-likeness (QED) is 0.0839. The Morgan fingerprint density at radius 3 is 2.50 bits per heavy atom. The third-order valence-electron chi connectivity index (χ3n) is 6.66. The number of hydrogen-bond donors (Lipinski definition) is 1. The molecule has 40 heavy (non-hydrogen) atoms. The number of anilines is 1. The number of nitrogens with zero attached hydrogens (tertiary/aromatic N) is 4. The maximum atomic E-state index is 13.4. The van der Waals surface area contributed by atoms with E-state index in [4.69, 9.17) is 4.74 Å². The van der Waals surface area contributed by atoms with E-state index in [0.717, 1.165) is 10.9 Å². The lowest BCUT2D eigenvalue weighted by atomic mass is 9.95. The molecule has 5 aromatic rings. The number of ether oxygens (including phenoxy) is 1. The second-order valence-corrected chi connectivity index (χ2v) is 11.1. The van der Waals surface area contributed by atoms with E-state index in [2.05, 4.69) is 39.4 Å². The molecule has 8 nitrogen and oxygen atoms in total. The minimum absolute atomic E-state index is 0.0264. The molecule has 3 heterocycles. The average molecular weight is 567 g/mol. The number of amides is 1. The van der Waals surface area contributed by atoms with Crippen molar-refractivity contribution in [2.75, 3.05) is 12.0 Å². The van der Waals surface area contributed by atoms with Gasteiger partial charge in [-0.1, -0.05) is 77.7 Å². The molecule has 1 N–H and O–H groups in total. The highest BCUT2D eigenvalue weighted by atomic mass is 32.2. The fraction of sp³-hybridized carbons (Fsp3) is 0.100. The number of carbonyl (C=O) groups excluding carboxylic acids is 2. The maximum absolute atomic E-state index is 13.4. The highest BCUT2D eigenvalue weighted by molar-refractivity contribution is 8.00. The SMILES string of the molecule is COc1ccc(C2/C(=C(\O)c3ccncc3)C(=O)C(=O)N2c2nnc(SCc3cccc4ccccc34)s2)cc1. The number of Topliss-reactive ketones (excluding diaryl/α,β-unsaturated/α-hetero) is 1. The molecule has 0 radical (unpaired) electrons. The first kappa shape index (κ1) is 25.7. The first-order chi connectivity index (χ1) is 19.5. The molecule has 3 aromatic carbocycles. The van der Waals surface area contributed by atoms with Crippen molar-refractivity contribution in [1.29, 1.82) is 0 Å². The number of ketones is 1. The van der Waals surface area contributed by atoms with Crippen LogP contribution in [0.1, 0.15) is 22.7 Å². The first-order valence-electron chi connectivity index (χ1n) is 12.3. The minimum Gasteiger partial charge on any atom is -0.507 e. The first-order valence-corrected chi connectivity index (χ1v) is 14.1. The summed E-state index contributed by atoms with van der Waals surface area (Å²) < 4.78 is 5.94. The van der Waals surface area contributed by atoms with E-state index < -0.39 is 17.7 Å². The van der Waals surface area contributed by atoms with Gasteiger partial charge in [0.15, 0.2) is 4.34 Å². The highest BCUT2D eigenvalue weighted by Crippen LogP contribution is 2.44. The fourth-order valence-corrected chi connectivity index (χ4v) is 6.58. The Hall–Kier alpha value is -4.54. The molecule has 0 saturated carbocycles. The van der Waals surface area contributed by atoms with Gasteiger partial charge in [0.2, 0.25) is 5.13 Å². The number of aromatic nitrogens is 3. The van der Waals surface area contributed by atoms with Crippen molar-refractivity contribution >= 4 is 56.5 Å². The van der Waals surface area contributed by atoms with Gasteiger partial charge in [-0.05, 0) is 46.2 Å². The minimum atomic E-state index is -0.900. The van der Waals surface area contributed by atoms with Crippen LogP contribution in [0.2, 0.25) is 0 Å². The third kappa shape index (κ3) is 4.72. The average Bonchev–Trinajstić information content (AvgIpc) is 3.58. The van der Waals surface area contributed by atoms with Gasteiger partial charge >= 0.3 is 5.91 Å². The van der Waals surface area contributed by atoms with Crippen LogP contribution >= 0.6 is 23.1 Å². The Kier molecular flexibility index (Phi) is 7.02. The fourth-order valence-electron chi connectivity index (χ4n) is 4.71. The molecule has 1 amide bonds. The number of pyridine rings is 1. The summed E-state index contributed by atoms with van der Waals surface area (Å²) in [5, 5.41) is 22.4. The molecule has 1 atom stereocenters. The van der Waals surface area contributed by atoms with Crippen molar-refractivity contribution in [2.24, 2.45) is 0 Å². The maximum Gasteiger partial charge on any atom is 0.301 e. The van der Waals surface area contributed by atoms with Crippen molar-refractivity contribution in [3.05, 3.63) is 114 Å². The number of thioether (sulfide) groups is 1. The van der Waals surface area contributed by atoms with Crippen LogP contribution in [0.5, 0.6) is 5.75 Å². The molecular weight excluding hydrogens is 544 g/mol. The molecule has 0 aliphatic carbocycles. The van der Waals surface area contributed by atoms with E-state index in [-0.39, 0.29) is 16.5 Å². The number of methoxy groups -OCH3 is 1. The summed E-state index contributed by atoms with van der Waals surface area (Å²) in [6, 6.07) is 23.7. The number of rotatable bonds is 7. The zero-order valence-corrected chi connectivity index (χ0v) is 22.9. The van der Waals surface area contributed by atoms with E-state index in [1.54, 1.807) is 43.5 Å². The molecule has 2 aromatic heterocycles. The van der Waals surface area contributed by atoms with Gasteiger partial charge in [0.25, 0.3) is 5.78 Å². The zero-order valence-electron chi connectivity index (χ0n) is 21.2. The zero-order chi connectivity index (χ0) is 27.6. The van der Waals surface area contributed by atoms with E-state index in [1.165, 1.54) is 45.8 Å². The normalized spacial score (nSPS) is 16.5. The largest absolute Gasteiger partial charge is 0.507 e. The standard InChI is InChI=1S/C30H22N4O4S2/c1-38-22-11-9-19(10-12-22)25-24(26(35)20-13-15-31-16-14-20)27(36)28(37)34(25)29-32-33-30(40-29)39-17-21-7-4-6-18-5-2-3-8-23(18)21/h2-16,25,35H,17H2,1H3/b26-24+. The summed E-state index contributed by atoms with van der Waals surface area (Å²) in [4.78, 5) is 32.1. The van der Waals surface area contributed by atoms with Gasteiger partial charge in [-0.15, -0.1) is 10.2 Å². The molecule has 0 bridgehead atoms. The highest BCUT2D eigenvalue weighted by Gasteiger charge is 2.48. The van der Waals surface area contributed by atoms with Gasteiger partial charge in [0.05, 0.1) is 18.7 Å². The van der Waals surface area contributed by atoms with Gasteiger partial charge in [-0.2, -0.15) is 0 Å². The van der Waals surface area contributed by atoms with Crippen molar-refractivity contribution in [3.8, 4) is 5.75 Å². The Labute approximate surface area is 238 Å². The Bertz CT molecular complexity index is 1750. The number of aliphatic hydroxyl groups excluding tert-OH is 1. The lowest BCUT2D eigenvalue weighted by molar-refractivity contribution is -0.132. The van der Waals surface area contributed by atoms with E-state index in [9.17, 15) is 14.7 Å². The summed E-state index contributed by atoms with van der Waals surface area (Å²) in [5.41, 5.74) is 2.14. The van der Waals surface area contributed by atoms with E-state index in [1.807, 2.05) is 18.2 Å². The van der Waals surface area contributed by atoms with Gasteiger partial charge in [0, 0.05) is 23.7 Å². The predicted molar refractivity (Wildman–Crippen MR) is 155 cm³/mol. The van der Waals surface area contributed by atoms with Gasteiger partial charge in [-0.25, -0.2) is 0 Å². The van der Waals surface area contributed by atoms with E-state index in [0.29, 0.717) is 27.0 Å². The lowest BCUT2D eigenvalue weighted by Crippen LogP contribution is -2.29. The number of hydrogen-bond acceptors (Lipinski definition) is 9. The second-order valence-electron chi connectivity index (χ2n) is 8.96. The molecule has 1 saturated heterocycles. The molecule has 1 unspecified atom stereocenters. The topological polar surface area (TPSA) is 106 Å². The molecule has 0 spiro atoms. The summed E-state index contributed by atoms with van der Waals surface area (Å²) >= 11 is 2.74. The molecule has 10 heteroatoms. The number of aliphatic hydroxyl groups is 1. The van der Waals surface area contributed by atoms with E-state index >= 15 is 0 Å². The van der Waals surface area contributed by atoms with Crippen LogP contribution < -0.4 is 9.64 Å². The van der Waals surface area contributed by atoms with Crippen LogP contribution in [0.4, 0.5) is 5.13 Å². The van der Waals surface area contributed by atoms with Crippen molar-refractivity contribution in [2.45, 2.75) is 16.1 Å². The van der Waals surface area contributed by atoms with Crippen molar-refractivity contribution in [3.63, 3.8) is 0 Å². The Morgan fingerprint density at radius 2 is 1.73 bits per heavy atom. The van der Waals surface area contributed by atoms with Crippen LogP contribution in [-0.2, 0) is 15.3 Å². The number of carbonyl (C=O) groups is 2. The smallest absolute Gasteiger partial charge is 0.301 e. The number of fused-ring (bicyclic) bond motifs is 1. The van der Waals surface area contributed by atoms with Crippen LogP contribution in [0.3, 0.4) is 0 Å². The third-order valence-corrected chi connectivity index (χ3v) is 8.77. The van der Waals surface area contributed by atoms with Crippen molar-refractivity contribution in [1.82, 2.24) is 15.2 Å². The van der Waals surface area contributed by atoms with Gasteiger partial charge in [-0.3, -0.25) is 19.5 Å². The van der Waals surface area contributed by atoms with Crippen LogP contribution in [0.15, 0.2) is 101 Å². The molecular formula is C30H22N4O4S2. The number of benzene rings is 3. The molecule has 6 rings (SSSR count). The molecule has 1 fully saturated rings. The Balaban J connectivity index is 1.36. The van der Waals surface area contributed by atoms with Crippen LogP contribution in [0.25, 0.3) is 16.5 Å². The monoisotopic (exact) mass is 566 g/mol. The molecule has 1 aliphatic rings. The van der Waals surface area contributed by atoms with Crippen LogP contribution in [0, 0.1) is 0 Å². The molecule has 1 aliphatic heterocycles. The lowest BCUT2D eigenvalue weighted by Gasteiger charge is -2.22. The summed E-state index contributed by atoms with van der Waals surface area (Å²) in [6.07, 6.45) is 3.02. The van der Waals surface area contributed by atoms with Crippen molar-refractivity contribution < 1.29 is 19.4 Å². The summed E-state index contributed by atoms with van der Waals surface area (Å²) in [7, 11) is 1.56. The van der Waals surface area contributed by atoms with Gasteiger partial charge < -0.3 is 9.84 Å². The summed E-state index contributed by atoms with van der Waals surface area (Å²) in [6.45, 7) is 0. The predicted octanol–water partition coefficient (Wildman–Crippen LogP) is 6.01. The van der Waals surface area contributed by atoms with Crippen LogP contribution in [-0.4, -0.2) is 39.1 Å².